The highest BCUT2D eigenvalue weighted by Crippen LogP contribution is 2.13. The number of unbranched alkanes of at least 4 members (excludes halogenated alkanes) is 3. The van der Waals surface area contributed by atoms with E-state index in [1.807, 2.05) is 6.92 Å². The molecule has 99 heavy (non-hydrogen) atoms. The molecule has 2 rings (SSSR count). The quantitative estimate of drug-likeness (QED) is 0.0271. The predicted octanol–water partition coefficient (Wildman–Crippen LogP) is -6.96. The first-order valence-corrected chi connectivity index (χ1v) is 34.1. The van der Waals surface area contributed by atoms with Crippen molar-refractivity contribution in [1.82, 2.24) is 63.8 Å². The number of aliphatic hydroxyl groups excluding tert-OH is 3. The Balaban J connectivity index is 2.60. The molecular formula is C64H113N17O18. The summed E-state index contributed by atoms with van der Waals surface area (Å²) >= 11 is 0. The molecule has 1 aromatic carbocycles. The molecule has 1 aliphatic rings. The molecule has 0 radical (unpaired) electrons. The molecule has 1 heterocycles. The second kappa shape index (κ2) is 49.9. The molecule has 12 amide bonds. The van der Waals surface area contributed by atoms with Crippen LogP contribution in [0.4, 0.5) is 0 Å². The second-order valence-electron chi connectivity index (χ2n) is 24.5. The summed E-state index contributed by atoms with van der Waals surface area (Å²) in [6, 6.07) is -8.05. The lowest BCUT2D eigenvalue weighted by molar-refractivity contribution is -0.137. The average molecular weight is 1410 g/mol. The number of hydrogen-bond donors (Lipinski definition) is 20. The summed E-state index contributed by atoms with van der Waals surface area (Å²) in [6.45, 7) is 7.48. The summed E-state index contributed by atoms with van der Waals surface area (Å²) in [4.78, 5) is 170. The first-order valence-electron chi connectivity index (χ1n) is 34.1. The van der Waals surface area contributed by atoms with Gasteiger partial charge in [0, 0.05) is 19.4 Å². The number of carbonyl (C=O) groups is 12. The lowest BCUT2D eigenvalue weighted by Gasteiger charge is -2.29. The van der Waals surface area contributed by atoms with Crippen LogP contribution >= 0.6 is 0 Å². The van der Waals surface area contributed by atoms with Crippen LogP contribution in [0, 0.1) is 5.92 Å². The molecule has 1 aliphatic heterocycles. The standard InChI is InChI=1S/C64H113N17O18/c1-6-7-8-12-15-42(71-51(85)22-30-97-32-34-99-35-33-98-31-29-82)54(86)73-47(20-27-69)60(92)81-53(40(5)84)64(96)77-45(18-25-67)56(88)76-48-21-28-70-63(95)52(39(4)83)80-59(91)46(19-26-68)74-55(87)43(16-23-65)75-61(93)49(36-38(2)3)78-62(94)50(37-41-13-10-9-11-14-41)79-57(89)44(17-24-66)72-58(48)90/h9-11,13-14,38-40,42-50,52-53,82-84H,6-8,12,15-37,65-69H2,1-5H3,(H,70,95)(H,71,85)(H,72,90)(H,73,86)(H,74,87)(H,75,93)(H,76,88)(H,77,96)(H,78,94)(H,79,89)(H,80,91)(H,81,92)/t39-,40-,42+,43+,44+,45+,46+,47+,48+,49+,50-,52+,53+/m1/s1. The largest absolute Gasteiger partial charge is 0.394 e. The molecule has 0 unspecified atom stereocenters. The molecule has 13 atom stereocenters. The number of nitrogens with one attached hydrogen (secondary N) is 12. The molecule has 0 aromatic heterocycles. The Morgan fingerprint density at radius 1 is 0.525 bits per heavy atom. The van der Waals surface area contributed by atoms with E-state index < -0.39 is 163 Å². The van der Waals surface area contributed by atoms with E-state index in [1.165, 1.54) is 6.92 Å². The van der Waals surface area contributed by atoms with Gasteiger partial charge in [-0.3, -0.25) is 57.5 Å². The van der Waals surface area contributed by atoms with Crippen LogP contribution in [0.5, 0.6) is 0 Å². The van der Waals surface area contributed by atoms with Gasteiger partial charge in [0.2, 0.25) is 70.9 Å². The zero-order valence-electron chi connectivity index (χ0n) is 57.9. The van der Waals surface area contributed by atoms with E-state index in [9.17, 15) is 67.7 Å². The Labute approximate surface area is 579 Å². The van der Waals surface area contributed by atoms with Crippen molar-refractivity contribution in [2.75, 3.05) is 85.5 Å². The van der Waals surface area contributed by atoms with Gasteiger partial charge in [0.25, 0.3) is 0 Å². The molecule has 1 fully saturated rings. The zero-order chi connectivity index (χ0) is 73.8. The van der Waals surface area contributed by atoms with Crippen LogP contribution < -0.4 is 92.5 Å². The summed E-state index contributed by atoms with van der Waals surface area (Å²) < 4.78 is 16.0. The van der Waals surface area contributed by atoms with Gasteiger partial charge in [-0.25, -0.2) is 0 Å². The molecule has 562 valence electrons. The maximum absolute atomic E-state index is 14.7. The zero-order valence-corrected chi connectivity index (χ0v) is 57.9. The topological polar surface area (TPSA) is 568 Å². The van der Waals surface area contributed by atoms with E-state index in [2.05, 4.69) is 63.8 Å². The van der Waals surface area contributed by atoms with E-state index in [-0.39, 0.29) is 143 Å². The van der Waals surface area contributed by atoms with Gasteiger partial charge in [-0.15, -0.1) is 0 Å². The highest BCUT2D eigenvalue weighted by atomic mass is 16.5. The van der Waals surface area contributed by atoms with Crippen LogP contribution in [0.15, 0.2) is 30.3 Å². The lowest BCUT2D eigenvalue weighted by atomic mass is 10.00. The smallest absolute Gasteiger partial charge is 0.245 e. The summed E-state index contributed by atoms with van der Waals surface area (Å²) in [5, 5.41) is 61.4. The van der Waals surface area contributed by atoms with Gasteiger partial charge in [0.1, 0.15) is 66.5 Å². The van der Waals surface area contributed by atoms with Crippen molar-refractivity contribution >= 4 is 70.9 Å². The van der Waals surface area contributed by atoms with E-state index in [4.69, 9.17) is 48.0 Å². The first kappa shape index (κ1) is 87.5. The molecule has 0 spiro atoms. The van der Waals surface area contributed by atoms with Gasteiger partial charge >= 0.3 is 0 Å². The Morgan fingerprint density at radius 2 is 1.00 bits per heavy atom. The van der Waals surface area contributed by atoms with Crippen molar-refractivity contribution in [1.29, 1.82) is 0 Å². The van der Waals surface area contributed by atoms with Crippen LogP contribution in [0.1, 0.15) is 124 Å². The number of nitrogens with two attached hydrogens (primary N) is 5. The maximum atomic E-state index is 14.7. The normalized spacial score (nSPS) is 21.3. The Morgan fingerprint density at radius 3 is 1.53 bits per heavy atom. The van der Waals surface area contributed by atoms with Crippen molar-refractivity contribution < 1.29 is 87.1 Å². The van der Waals surface area contributed by atoms with Crippen molar-refractivity contribution in [3.05, 3.63) is 35.9 Å². The number of ether oxygens (including phenoxy) is 3. The van der Waals surface area contributed by atoms with Crippen LogP contribution in [0.25, 0.3) is 0 Å². The number of rotatable bonds is 41. The van der Waals surface area contributed by atoms with Gasteiger partial charge in [-0.05, 0) is 109 Å². The van der Waals surface area contributed by atoms with Gasteiger partial charge in [0.15, 0.2) is 0 Å². The monoisotopic (exact) mass is 1410 g/mol. The minimum absolute atomic E-state index is 0.000389. The van der Waals surface area contributed by atoms with Gasteiger partial charge < -0.3 is 122 Å². The van der Waals surface area contributed by atoms with Gasteiger partial charge in [-0.1, -0.05) is 76.8 Å². The third kappa shape index (κ3) is 34.4. The summed E-state index contributed by atoms with van der Waals surface area (Å²) in [7, 11) is 0. The third-order valence-corrected chi connectivity index (χ3v) is 15.6. The molecule has 1 saturated heterocycles. The fourth-order valence-electron chi connectivity index (χ4n) is 10.2. The van der Waals surface area contributed by atoms with Crippen LogP contribution in [0.2, 0.25) is 0 Å². The SMILES string of the molecule is CCCCCC[C@H](NC(=O)CCOCCOCCOCCO)C(=O)N[C@@H](CCN)C(=O)N[C@H](C(=O)N[C@@H](CCN)C(=O)N[C@H]1CCNC(=O)[C@H]([C@@H](C)O)NC(=O)[C@H](CCN)NC(=O)[C@H](CCN)NC(=O)[C@H](CC(C)C)NC(=O)[C@@H](Cc2ccccc2)NC(=O)[C@H](CCN)NC1=O)[C@@H](C)O. The van der Waals surface area contributed by atoms with Gasteiger partial charge in [-0.2, -0.15) is 0 Å². The van der Waals surface area contributed by atoms with Crippen LogP contribution in [-0.4, -0.2) is 250 Å². The molecule has 35 heteroatoms. The average Bonchev–Trinajstić information content (AvgIpc) is 1.11. The summed E-state index contributed by atoms with van der Waals surface area (Å²) in [5.74, 6) is -11.2. The Bertz CT molecular complexity index is 2650. The molecular weight excluding hydrogens is 1290 g/mol. The highest BCUT2D eigenvalue weighted by molar-refractivity contribution is 5.99. The molecule has 25 N–H and O–H groups in total. The second-order valence-corrected chi connectivity index (χ2v) is 24.5. The van der Waals surface area contributed by atoms with E-state index in [1.54, 1.807) is 44.2 Å². The van der Waals surface area contributed by atoms with Crippen molar-refractivity contribution in [3.8, 4) is 0 Å². The minimum atomic E-state index is -1.82. The maximum Gasteiger partial charge on any atom is 0.245 e. The Kier molecular flexibility index (Phi) is 44.1. The molecule has 0 saturated carbocycles. The molecule has 1 aromatic rings. The number of benzene rings is 1. The predicted molar refractivity (Wildman–Crippen MR) is 363 cm³/mol. The summed E-state index contributed by atoms with van der Waals surface area (Å²) in [5.41, 5.74) is 30.1. The molecule has 0 bridgehead atoms. The van der Waals surface area contributed by atoms with Crippen molar-refractivity contribution in [2.45, 2.75) is 203 Å². The number of aliphatic hydroxyl groups is 3. The lowest BCUT2D eigenvalue weighted by Crippen LogP contribution is -2.62. The fraction of sp³-hybridized carbons (Fsp3) is 0.719. The van der Waals surface area contributed by atoms with E-state index >= 15 is 0 Å². The number of carbonyl (C=O) groups excluding carboxylic acids is 12. The van der Waals surface area contributed by atoms with E-state index in [0.29, 0.717) is 12.0 Å². The van der Waals surface area contributed by atoms with Crippen LogP contribution in [-0.2, 0) is 78.2 Å². The molecule has 35 nitrogen and oxygen atoms in total. The van der Waals surface area contributed by atoms with E-state index in [0.717, 1.165) is 26.2 Å². The Hall–Kier alpha value is -7.58. The molecule has 0 aliphatic carbocycles. The number of hydrogen-bond acceptors (Lipinski definition) is 23. The van der Waals surface area contributed by atoms with Crippen LogP contribution in [0.3, 0.4) is 0 Å². The minimum Gasteiger partial charge on any atom is -0.394 e. The van der Waals surface area contributed by atoms with Crippen molar-refractivity contribution in [2.24, 2.45) is 34.6 Å². The third-order valence-electron chi connectivity index (χ3n) is 15.6. The highest BCUT2D eigenvalue weighted by Gasteiger charge is 2.38. The van der Waals surface area contributed by atoms with Gasteiger partial charge in [0.05, 0.1) is 58.5 Å². The van der Waals surface area contributed by atoms with Crippen molar-refractivity contribution in [3.63, 3.8) is 0 Å². The number of amides is 12. The fourth-order valence-corrected chi connectivity index (χ4v) is 10.2. The first-order chi connectivity index (χ1) is 47.3. The summed E-state index contributed by atoms with van der Waals surface area (Å²) in [6.07, 6.45) is -1.91.